The van der Waals surface area contributed by atoms with Crippen molar-refractivity contribution >= 4 is 5.91 Å². The van der Waals surface area contributed by atoms with Crippen molar-refractivity contribution in [2.75, 3.05) is 0 Å². The number of hydrogen-bond donors (Lipinski definition) is 2. The third kappa shape index (κ3) is 3.81. The van der Waals surface area contributed by atoms with Crippen molar-refractivity contribution in [1.82, 2.24) is 25.1 Å². The number of aromatic nitrogens is 4. The zero-order valence-electron chi connectivity index (χ0n) is 16.7. The second-order valence-electron chi connectivity index (χ2n) is 7.01. The van der Waals surface area contributed by atoms with Crippen LogP contribution in [0.15, 0.2) is 55.0 Å². The summed E-state index contributed by atoms with van der Waals surface area (Å²) in [6.45, 7) is 3.44. The predicted molar refractivity (Wildman–Crippen MR) is 108 cm³/mol. The zero-order chi connectivity index (χ0) is 22.1. The van der Waals surface area contributed by atoms with E-state index < -0.39 is 29.4 Å². The Labute approximate surface area is 175 Å². The summed E-state index contributed by atoms with van der Waals surface area (Å²) in [5.74, 6) is -2.08. The van der Waals surface area contributed by atoms with Crippen molar-refractivity contribution in [1.29, 1.82) is 0 Å². The van der Waals surface area contributed by atoms with Crippen molar-refractivity contribution in [2.24, 2.45) is 0 Å². The van der Waals surface area contributed by atoms with Gasteiger partial charge >= 0.3 is 0 Å². The van der Waals surface area contributed by atoms with Crippen LogP contribution in [0.1, 0.15) is 34.7 Å². The number of aromatic amines is 1. The summed E-state index contributed by atoms with van der Waals surface area (Å²) in [6.07, 6.45) is 4.42. The number of rotatable bonds is 5. The summed E-state index contributed by atoms with van der Waals surface area (Å²) in [5.41, 5.74) is 0.391. The van der Waals surface area contributed by atoms with Gasteiger partial charge < -0.3 is 9.88 Å². The fourth-order valence-electron chi connectivity index (χ4n) is 3.36. The van der Waals surface area contributed by atoms with Crippen LogP contribution in [-0.2, 0) is 0 Å². The smallest absolute Gasteiger partial charge is 0.255 e. The van der Waals surface area contributed by atoms with Gasteiger partial charge in [0.15, 0.2) is 0 Å². The molecule has 1 unspecified atom stereocenters. The Morgan fingerprint density at radius 1 is 1.13 bits per heavy atom. The quantitative estimate of drug-likeness (QED) is 0.495. The lowest BCUT2D eigenvalue weighted by molar-refractivity contribution is 0.0940. The lowest BCUT2D eigenvalue weighted by atomic mass is 10.0. The maximum atomic E-state index is 14.7. The molecule has 2 aromatic carbocycles. The summed E-state index contributed by atoms with van der Waals surface area (Å²) in [7, 11) is 0. The Kier molecular flexibility index (Phi) is 5.33. The Balaban J connectivity index is 1.57. The number of nitrogens with one attached hydrogen (secondary N) is 2. The van der Waals surface area contributed by atoms with E-state index in [2.05, 4.69) is 20.5 Å². The van der Waals surface area contributed by atoms with Crippen molar-refractivity contribution in [3.8, 4) is 16.9 Å². The molecular weight excluding hydrogens is 407 g/mol. The summed E-state index contributed by atoms with van der Waals surface area (Å²) < 4.78 is 44.6. The van der Waals surface area contributed by atoms with E-state index in [1.807, 2.05) is 0 Å². The molecule has 0 spiro atoms. The first-order valence-electron chi connectivity index (χ1n) is 9.45. The Morgan fingerprint density at radius 2 is 1.87 bits per heavy atom. The van der Waals surface area contributed by atoms with Gasteiger partial charge in [-0.1, -0.05) is 12.1 Å². The highest BCUT2D eigenvalue weighted by Crippen LogP contribution is 2.28. The monoisotopic (exact) mass is 425 g/mol. The molecule has 4 aromatic rings. The van der Waals surface area contributed by atoms with Gasteiger partial charge in [-0.2, -0.15) is 5.10 Å². The van der Waals surface area contributed by atoms with Crippen molar-refractivity contribution < 1.29 is 18.0 Å². The molecule has 0 aliphatic rings. The standard InChI is InChI=1S/C22H18F3N5O/c1-12(14-6-7-19(18(25)10-14)30-9-8-26-13(30)2)28-22(31)15-11-27-29-21(15)20-16(23)4-3-5-17(20)24/h3-12H,1-2H3,(H,27,29)(H,28,31). The number of carbonyl (C=O) groups excluding carboxylic acids is 1. The SMILES string of the molecule is Cc1nccn1-c1ccc(C(C)NC(=O)c2cn[nH]c2-c2c(F)cccc2F)cc1F. The first-order valence-corrected chi connectivity index (χ1v) is 9.45. The van der Waals surface area contributed by atoms with E-state index in [1.165, 1.54) is 18.3 Å². The largest absolute Gasteiger partial charge is 0.345 e. The highest BCUT2D eigenvalue weighted by molar-refractivity contribution is 6.00. The summed E-state index contributed by atoms with van der Waals surface area (Å²) in [6, 6.07) is 7.46. The van der Waals surface area contributed by atoms with Crippen molar-refractivity contribution in [3.05, 3.63) is 89.4 Å². The van der Waals surface area contributed by atoms with Gasteiger partial charge in [0.05, 0.1) is 34.7 Å². The first kappa shape index (κ1) is 20.4. The topological polar surface area (TPSA) is 75.6 Å². The molecule has 1 atom stereocenters. The molecule has 0 saturated heterocycles. The van der Waals surface area contributed by atoms with Gasteiger partial charge in [0.1, 0.15) is 23.3 Å². The number of halogens is 3. The first-order chi connectivity index (χ1) is 14.9. The highest BCUT2D eigenvalue weighted by atomic mass is 19.1. The van der Waals surface area contributed by atoms with Crippen LogP contribution in [0.3, 0.4) is 0 Å². The van der Waals surface area contributed by atoms with E-state index in [0.717, 1.165) is 12.1 Å². The van der Waals surface area contributed by atoms with E-state index in [9.17, 15) is 18.0 Å². The number of hydrogen-bond acceptors (Lipinski definition) is 3. The third-order valence-corrected chi connectivity index (χ3v) is 5.00. The molecule has 9 heteroatoms. The van der Waals surface area contributed by atoms with Crippen LogP contribution in [0.25, 0.3) is 16.9 Å². The van der Waals surface area contributed by atoms with Crippen LogP contribution in [0.2, 0.25) is 0 Å². The number of nitrogens with zero attached hydrogens (tertiary/aromatic N) is 3. The molecule has 2 aromatic heterocycles. The molecule has 4 rings (SSSR count). The minimum atomic E-state index is -0.821. The molecule has 2 N–H and O–H groups in total. The molecule has 0 bridgehead atoms. The summed E-state index contributed by atoms with van der Waals surface area (Å²) >= 11 is 0. The maximum Gasteiger partial charge on any atom is 0.255 e. The van der Waals surface area contributed by atoms with Crippen LogP contribution < -0.4 is 5.32 Å². The van der Waals surface area contributed by atoms with Gasteiger partial charge in [-0.15, -0.1) is 0 Å². The Morgan fingerprint density at radius 3 is 2.52 bits per heavy atom. The van der Waals surface area contributed by atoms with E-state index >= 15 is 0 Å². The number of H-pyrrole nitrogens is 1. The lowest BCUT2D eigenvalue weighted by Crippen LogP contribution is -2.27. The van der Waals surface area contributed by atoms with E-state index in [0.29, 0.717) is 17.1 Å². The van der Waals surface area contributed by atoms with Gasteiger partial charge in [0, 0.05) is 12.4 Å². The number of amides is 1. The molecule has 0 aliphatic carbocycles. The second-order valence-corrected chi connectivity index (χ2v) is 7.01. The number of aryl methyl sites for hydroxylation is 1. The molecule has 158 valence electrons. The molecule has 0 radical (unpaired) electrons. The summed E-state index contributed by atoms with van der Waals surface area (Å²) in [4.78, 5) is 16.8. The molecule has 0 fully saturated rings. The lowest BCUT2D eigenvalue weighted by Gasteiger charge is -2.16. The van der Waals surface area contributed by atoms with Crippen molar-refractivity contribution in [3.63, 3.8) is 0 Å². The molecule has 1 amide bonds. The fourth-order valence-corrected chi connectivity index (χ4v) is 3.36. The third-order valence-electron chi connectivity index (χ3n) is 5.00. The van der Waals surface area contributed by atoms with Gasteiger partial charge in [-0.05, 0) is 43.7 Å². The second kappa shape index (κ2) is 8.10. The summed E-state index contributed by atoms with van der Waals surface area (Å²) in [5, 5.41) is 8.94. The molecule has 0 saturated carbocycles. The molecule has 0 aliphatic heterocycles. The van der Waals surface area contributed by atoms with Gasteiger partial charge in [0.2, 0.25) is 0 Å². The van der Waals surface area contributed by atoms with Gasteiger partial charge in [-0.25, -0.2) is 18.2 Å². The Bertz CT molecular complexity index is 1240. The normalized spacial score (nSPS) is 12.0. The number of carbonyl (C=O) groups is 1. The van der Waals surface area contributed by atoms with Gasteiger partial charge in [0.25, 0.3) is 5.91 Å². The number of benzene rings is 2. The molecular formula is C22H18F3N5O. The van der Waals surface area contributed by atoms with Crippen LogP contribution in [0, 0.1) is 24.4 Å². The zero-order valence-corrected chi connectivity index (χ0v) is 16.7. The van der Waals surface area contributed by atoms with Crippen LogP contribution in [0.4, 0.5) is 13.2 Å². The van der Waals surface area contributed by atoms with Crippen LogP contribution in [-0.4, -0.2) is 25.7 Å². The average molecular weight is 425 g/mol. The van der Waals surface area contributed by atoms with E-state index in [1.54, 1.807) is 42.9 Å². The Hall–Kier alpha value is -3.88. The number of imidazole rings is 1. The minimum Gasteiger partial charge on any atom is -0.345 e. The van der Waals surface area contributed by atoms with E-state index in [-0.39, 0.29) is 16.8 Å². The molecule has 2 heterocycles. The highest BCUT2D eigenvalue weighted by Gasteiger charge is 2.22. The predicted octanol–water partition coefficient (Wildman–Crippen LogP) is 4.48. The molecule has 31 heavy (non-hydrogen) atoms. The fraction of sp³-hybridized carbons (Fsp3) is 0.136. The average Bonchev–Trinajstić information content (AvgIpc) is 3.37. The van der Waals surface area contributed by atoms with E-state index in [4.69, 9.17) is 0 Å². The van der Waals surface area contributed by atoms with Crippen LogP contribution in [0.5, 0.6) is 0 Å². The maximum absolute atomic E-state index is 14.7. The van der Waals surface area contributed by atoms with Gasteiger partial charge in [-0.3, -0.25) is 9.89 Å². The minimum absolute atomic E-state index is 0.0259. The van der Waals surface area contributed by atoms with Crippen molar-refractivity contribution in [2.45, 2.75) is 19.9 Å². The van der Waals surface area contributed by atoms with Crippen LogP contribution >= 0.6 is 0 Å². The molecule has 6 nitrogen and oxygen atoms in total.